The quantitative estimate of drug-likeness (QED) is 0.452. The van der Waals surface area contributed by atoms with Crippen molar-refractivity contribution in [2.24, 2.45) is 45.8 Å². The number of carbonyl (C=O) groups is 5. The van der Waals surface area contributed by atoms with Crippen LogP contribution < -0.4 is 0 Å². The second-order valence-electron chi connectivity index (χ2n) is 12.5. The van der Waals surface area contributed by atoms with E-state index >= 15 is 0 Å². The van der Waals surface area contributed by atoms with Crippen LogP contribution in [0, 0.1) is 45.8 Å². The van der Waals surface area contributed by atoms with Crippen LogP contribution in [-0.4, -0.2) is 59.5 Å². The third kappa shape index (κ3) is 3.26. The Hall–Kier alpha value is -2.29. The first-order chi connectivity index (χ1) is 16.7. The molecule has 0 amide bonds. The van der Waals surface area contributed by atoms with Gasteiger partial charge in [0.15, 0.2) is 5.78 Å². The number of aliphatic hydroxyl groups is 1. The van der Waals surface area contributed by atoms with Crippen LogP contribution in [0.25, 0.3) is 0 Å². The van der Waals surface area contributed by atoms with Gasteiger partial charge in [-0.05, 0) is 37.0 Å². The number of cyclic esters (lactones) is 1. The molecular weight excluding hydrogens is 468 g/mol. The molecule has 5 fully saturated rings. The van der Waals surface area contributed by atoms with Gasteiger partial charge in [-0.2, -0.15) is 0 Å². The second-order valence-corrected chi connectivity index (χ2v) is 12.5. The highest BCUT2D eigenvalue weighted by Crippen LogP contribution is 2.71. The van der Waals surface area contributed by atoms with E-state index in [0.29, 0.717) is 12.8 Å². The molecule has 36 heavy (non-hydrogen) atoms. The molecule has 1 N–H and O–H groups in total. The fourth-order valence-electron chi connectivity index (χ4n) is 9.28. The average molecular weight is 505 g/mol. The average Bonchev–Trinajstić information content (AvgIpc) is 3.21. The summed E-state index contributed by atoms with van der Waals surface area (Å²) in [6.07, 6.45) is -1.62. The number of aliphatic hydroxyl groups excluding tert-OH is 1. The number of carbonyl (C=O) groups excluding carboxylic acids is 5. The van der Waals surface area contributed by atoms with Crippen molar-refractivity contribution in [1.29, 1.82) is 0 Å². The van der Waals surface area contributed by atoms with E-state index in [0.717, 1.165) is 0 Å². The van der Waals surface area contributed by atoms with Gasteiger partial charge in [-0.3, -0.25) is 24.0 Å². The van der Waals surface area contributed by atoms with Crippen molar-refractivity contribution >= 4 is 29.5 Å². The summed E-state index contributed by atoms with van der Waals surface area (Å²) in [5.41, 5.74) is -2.99. The predicted octanol–water partition coefficient (Wildman–Crippen LogP) is 2.01. The Morgan fingerprint density at radius 2 is 1.75 bits per heavy atom. The highest BCUT2D eigenvalue weighted by Gasteiger charge is 2.75. The van der Waals surface area contributed by atoms with E-state index < -0.39 is 64.2 Å². The van der Waals surface area contributed by atoms with E-state index in [1.54, 1.807) is 6.92 Å². The number of rotatable bonds is 3. The molecule has 0 radical (unpaired) electrons. The fraction of sp³-hybridized carbons (Fsp3) is 0.815. The Balaban J connectivity index is 1.68. The number of Topliss-reactive ketones (excluding diaryl/α,β-unsaturated/α-hetero) is 2. The van der Waals surface area contributed by atoms with Gasteiger partial charge in [-0.1, -0.05) is 27.7 Å². The lowest BCUT2D eigenvalue weighted by Crippen LogP contribution is -2.74. The lowest BCUT2D eigenvalue weighted by Gasteiger charge is -2.70. The Kier molecular flexibility index (Phi) is 5.71. The van der Waals surface area contributed by atoms with Crippen molar-refractivity contribution in [2.45, 2.75) is 85.0 Å². The van der Waals surface area contributed by atoms with E-state index in [9.17, 15) is 29.1 Å². The van der Waals surface area contributed by atoms with Gasteiger partial charge >= 0.3 is 17.9 Å². The van der Waals surface area contributed by atoms with E-state index in [1.807, 2.05) is 20.8 Å². The van der Waals surface area contributed by atoms with E-state index in [-0.39, 0.29) is 55.2 Å². The normalized spacial score (nSPS) is 49.9. The molecule has 0 unspecified atom stereocenters. The summed E-state index contributed by atoms with van der Waals surface area (Å²) < 4.78 is 17.0. The third-order valence-electron chi connectivity index (χ3n) is 10.6. The summed E-state index contributed by atoms with van der Waals surface area (Å²) in [6, 6.07) is 0. The molecule has 9 heteroatoms. The molecule has 3 aliphatic carbocycles. The Bertz CT molecular complexity index is 1040. The predicted molar refractivity (Wildman–Crippen MR) is 123 cm³/mol. The molecule has 0 aromatic heterocycles. The summed E-state index contributed by atoms with van der Waals surface area (Å²) in [5, 5.41) is 10.8. The summed E-state index contributed by atoms with van der Waals surface area (Å²) in [6.45, 7) is 8.91. The van der Waals surface area contributed by atoms with Gasteiger partial charge in [0.25, 0.3) is 0 Å². The smallest absolute Gasteiger partial charge is 0.306 e. The number of fused-ring (bicyclic) bond motifs is 2. The van der Waals surface area contributed by atoms with Crippen LogP contribution in [0.1, 0.15) is 66.7 Å². The van der Waals surface area contributed by atoms with E-state index in [2.05, 4.69) is 0 Å². The topological polar surface area (TPSA) is 133 Å². The number of hydrogen-bond donors (Lipinski definition) is 1. The maximum absolute atomic E-state index is 14.0. The van der Waals surface area contributed by atoms with E-state index in [4.69, 9.17) is 14.2 Å². The zero-order chi connectivity index (χ0) is 26.4. The molecular formula is C27H36O9. The highest BCUT2D eigenvalue weighted by molar-refractivity contribution is 5.93. The summed E-state index contributed by atoms with van der Waals surface area (Å²) in [4.78, 5) is 64.9. The zero-order valence-corrected chi connectivity index (χ0v) is 21.6. The number of ether oxygens (including phenoxy) is 3. The number of esters is 3. The first-order valence-electron chi connectivity index (χ1n) is 13.0. The van der Waals surface area contributed by atoms with Crippen LogP contribution in [-0.2, 0) is 38.2 Å². The summed E-state index contributed by atoms with van der Waals surface area (Å²) in [7, 11) is 0. The molecule has 0 aromatic carbocycles. The molecule has 0 bridgehead atoms. The number of hydrogen-bond acceptors (Lipinski definition) is 9. The van der Waals surface area contributed by atoms with E-state index in [1.165, 1.54) is 6.92 Å². The first-order valence-corrected chi connectivity index (χ1v) is 13.0. The Morgan fingerprint density at radius 3 is 2.36 bits per heavy atom. The lowest BCUT2D eigenvalue weighted by molar-refractivity contribution is -0.277. The molecule has 2 saturated heterocycles. The molecule has 5 rings (SSSR count). The van der Waals surface area contributed by atoms with Crippen molar-refractivity contribution in [1.82, 2.24) is 0 Å². The summed E-state index contributed by atoms with van der Waals surface area (Å²) >= 11 is 0. The minimum Gasteiger partial charge on any atom is -0.465 e. The molecule has 9 nitrogen and oxygen atoms in total. The van der Waals surface area contributed by atoms with Gasteiger partial charge in [0.1, 0.15) is 30.7 Å². The Labute approximate surface area is 210 Å². The standard InChI is InChI=1S/C27H36O9/c1-12-6-16(29)24(33)26(4)15(12)8-19-27(5)18(9-21(31)36-19)25(3,10-17(22(26)27)35-13(2)28)23(32)14-7-20(30)34-11-14/h12,14-19,22,29H,6-11H2,1-5H3/t12-,14+,15-,16+,17-,18+,19-,22-,25+,26+,27-/m1/s1. The van der Waals surface area contributed by atoms with Gasteiger partial charge in [-0.15, -0.1) is 0 Å². The molecule has 198 valence electrons. The molecule has 3 saturated carbocycles. The second kappa shape index (κ2) is 8.10. The monoisotopic (exact) mass is 504 g/mol. The van der Waals surface area contributed by atoms with Crippen molar-refractivity contribution in [3.63, 3.8) is 0 Å². The van der Waals surface area contributed by atoms with Gasteiger partial charge in [0.2, 0.25) is 0 Å². The van der Waals surface area contributed by atoms with Gasteiger partial charge in [0, 0.05) is 35.5 Å². The van der Waals surface area contributed by atoms with Crippen LogP contribution in [0.4, 0.5) is 0 Å². The zero-order valence-electron chi connectivity index (χ0n) is 21.6. The fourth-order valence-corrected chi connectivity index (χ4v) is 9.28. The molecule has 5 aliphatic rings. The highest BCUT2D eigenvalue weighted by atomic mass is 16.6. The van der Waals surface area contributed by atoms with Crippen LogP contribution in [0.3, 0.4) is 0 Å². The molecule has 0 spiro atoms. The number of ketones is 2. The lowest BCUT2D eigenvalue weighted by atomic mass is 9.35. The third-order valence-corrected chi connectivity index (χ3v) is 10.6. The molecule has 0 aromatic rings. The van der Waals surface area contributed by atoms with Crippen LogP contribution >= 0.6 is 0 Å². The minimum atomic E-state index is -1.12. The van der Waals surface area contributed by atoms with Gasteiger partial charge in [-0.25, -0.2) is 0 Å². The molecule has 2 aliphatic heterocycles. The van der Waals surface area contributed by atoms with Crippen LogP contribution in [0.2, 0.25) is 0 Å². The Morgan fingerprint density at radius 1 is 1.06 bits per heavy atom. The maximum Gasteiger partial charge on any atom is 0.306 e. The van der Waals surface area contributed by atoms with Crippen LogP contribution in [0.15, 0.2) is 0 Å². The molecule has 11 atom stereocenters. The van der Waals surface area contributed by atoms with Gasteiger partial charge in [0.05, 0.1) is 12.3 Å². The maximum atomic E-state index is 14.0. The van der Waals surface area contributed by atoms with Crippen molar-refractivity contribution in [3.8, 4) is 0 Å². The SMILES string of the molecule is CC(=O)O[C@@H]1C[C@](C)(C(=O)[C@@H]2COC(=O)C2)[C@@H]2CC(=O)O[C@@H]3C[C@@H]4[C@H](C)C[C@H](O)C(=O)[C@]4(C)[C@@H]1[C@]23C. The van der Waals surface area contributed by atoms with Gasteiger partial charge < -0.3 is 19.3 Å². The van der Waals surface area contributed by atoms with Crippen molar-refractivity contribution in [2.75, 3.05) is 6.61 Å². The first kappa shape index (κ1) is 25.4. The molecule has 2 heterocycles. The minimum absolute atomic E-state index is 0.00574. The summed E-state index contributed by atoms with van der Waals surface area (Å²) in [5.74, 6) is -3.67. The van der Waals surface area contributed by atoms with Crippen LogP contribution in [0.5, 0.6) is 0 Å². The van der Waals surface area contributed by atoms with Crippen molar-refractivity contribution < 1.29 is 43.3 Å². The van der Waals surface area contributed by atoms with Crippen molar-refractivity contribution in [3.05, 3.63) is 0 Å². The largest absolute Gasteiger partial charge is 0.465 e.